The molecule has 1 atom stereocenters. The Bertz CT molecular complexity index is 141. The summed E-state index contributed by atoms with van der Waals surface area (Å²) >= 11 is 0. The topological polar surface area (TPSA) is 55.1 Å². The highest BCUT2D eigenvalue weighted by atomic mass is 16.1. The molecule has 3 heteroatoms. The van der Waals surface area contributed by atoms with E-state index in [1.807, 2.05) is 0 Å². The Morgan fingerprint density at radius 1 is 1.55 bits per heavy atom. The van der Waals surface area contributed by atoms with E-state index in [-0.39, 0.29) is 11.8 Å². The summed E-state index contributed by atoms with van der Waals surface area (Å²) in [5.41, 5.74) is 2.59. The van der Waals surface area contributed by atoms with Crippen LogP contribution in [0, 0.1) is 5.92 Å². The van der Waals surface area contributed by atoms with E-state index in [1.54, 1.807) is 6.92 Å². The first-order chi connectivity index (χ1) is 5.25. The van der Waals surface area contributed by atoms with Gasteiger partial charge in [-0.05, 0) is 25.7 Å². The third-order valence-corrected chi connectivity index (χ3v) is 2.49. The van der Waals surface area contributed by atoms with E-state index in [4.69, 9.17) is 5.84 Å². The third kappa shape index (κ3) is 2.01. The van der Waals surface area contributed by atoms with E-state index < -0.39 is 0 Å². The molecule has 1 aliphatic carbocycles. The number of hydrogen-bond acceptors (Lipinski definition) is 3. The molecule has 1 unspecified atom stereocenters. The summed E-state index contributed by atoms with van der Waals surface area (Å²) in [4.78, 5) is 11.0. The summed E-state index contributed by atoms with van der Waals surface area (Å²) in [6.07, 6.45) is 4.79. The van der Waals surface area contributed by atoms with Crippen LogP contribution in [-0.2, 0) is 4.79 Å². The number of rotatable bonds is 3. The van der Waals surface area contributed by atoms with Crippen molar-refractivity contribution in [1.29, 1.82) is 0 Å². The van der Waals surface area contributed by atoms with E-state index in [0.717, 1.165) is 12.8 Å². The van der Waals surface area contributed by atoms with E-state index in [2.05, 4.69) is 5.43 Å². The van der Waals surface area contributed by atoms with Crippen molar-refractivity contribution in [1.82, 2.24) is 5.43 Å². The lowest BCUT2D eigenvalue weighted by molar-refractivity contribution is -0.120. The number of Topliss-reactive ketones (excluding diaryl/α,β-unsaturated/α-hetero) is 1. The number of ketones is 1. The minimum absolute atomic E-state index is 0.0995. The van der Waals surface area contributed by atoms with Crippen LogP contribution in [0.2, 0.25) is 0 Å². The SMILES string of the molecule is CC(=O)C(NN)C1CCCC1. The number of hydrogen-bond donors (Lipinski definition) is 2. The number of carbonyl (C=O) groups excluding carboxylic acids is 1. The maximum Gasteiger partial charge on any atom is 0.148 e. The standard InChI is InChI=1S/C8H16N2O/c1-6(11)8(10-9)7-4-2-3-5-7/h7-8,10H,2-5,9H2,1H3. The van der Waals surface area contributed by atoms with Crippen LogP contribution in [0.1, 0.15) is 32.6 Å². The van der Waals surface area contributed by atoms with Gasteiger partial charge in [0.25, 0.3) is 0 Å². The largest absolute Gasteiger partial charge is 0.298 e. The molecule has 3 nitrogen and oxygen atoms in total. The Morgan fingerprint density at radius 3 is 2.45 bits per heavy atom. The van der Waals surface area contributed by atoms with E-state index in [9.17, 15) is 4.79 Å². The Hall–Kier alpha value is -0.410. The summed E-state index contributed by atoms with van der Waals surface area (Å²) in [5, 5.41) is 0. The minimum Gasteiger partial charge on any atom is -0.298 e. The molecule has 1 aliphatic rings. The molecule has 0 aliphatic heterocycles. The van der Waals surface area contributed by atoms with Crippen LogP contribution in [0.5, 0.6) is 0 Å². The van der Waals surface area contributed by atoms with Gasteiger partial charge >= 0.3 is 0 Å². The molecule has 0 aromatic rings. The molecule has 0 spiro atoms. The second-order valence-electron chi connectivity index (χ2n) is 3.30. The van der Waals surface area contributed by atoms with E-state index in [1.165, 1.54) is 12.8 Å². The fraction of sp³-hybridized carbons (Fsp3) is 0.875. The van der Waals surface area contributed by atoms with Crippen molar-refractivity contribution in [2.24, 2.45) is 11.8 Å². The lowest BCUT2D eigenvalue weighted by Gasteiger charge is -2.18. The highest BCUT2D eigenvalue weighted by Crippen LogP contribution is 2.27. The number of nitrogens with one attached hydrogen (secondary N) is 1. The first kappa shape index (κ1) is 8.68. The Kier molecular flexibility index (Phi) is 3.02. The predicted octanol–water partition coefficient (Wildman–Crippen LogP) is 0.597. The van der Waals surface area contributed by atoms with Gasteiger partial charge in [-0.1, -0.05) is 12.8 Å². The Labute approximate surface area is 67.3 Å². The molecule has 0 aromatic heterocycles. The van der Waals surface area contributed by atoms with Gasteiger partial charge in [-0.15, -0.1) is 0 Å². The van der Waals surface area contributed by atoms with Crippen molar-refractivity contribution in [3.63, 3.8) is 0 Å². The smallest absolute Gasteiger partial charge is 0.148 e. The monoisotopic (exact) mass is 156 g/mol. The van der Waals surface area contributed by atoms with Crippen LogP contribution in [0.25, 0.3) is 0 Å². The average molecular weight is 156 g/mol. The molecule has 0 bridgehead atoms. The molecule has 11 heavy (non-hydrogen) atoms. The van der Waals surface area contributed by atoms with Gasteiger partial charge in [0.2, 0.25) is 0 Å². The zero-order chi connectivity index (χ0) is 8.27. The summed E-state index contributed by atoms with van der Waals surface area (Å²) < 4.78 is 0. The molecule has 0 heterocycles. The molecular formula is C8H16N2O. The molecule has 64 valence electrons. The van der Waals surface area contributed by atoms with Crippen molar-refractivity contribution in [2.75, 3.05) is 0 Å². The second kappa shape index (κ2) is 3.83. The minimum atomic E-state index is -0.0995. The number of hydrazine groups is 1. The zero-order valence-electron chi connectivity index (χ0n) is 6.97. The highest BCUT2D eigenvalue weighted by molar-refractivity contribution is 5.81. The lowest BCUT2D eigenvalue weighted by atomic mass is 9.96. The summed E-state index contributed by atoms with van der Waals surface area (Å²) in [6, 6.07) is -0.0995. The number of carbonyl (C=O) groups is 1. The molecule has 1 fully saturated rings. The maximum atomic E-state index is 11.0. The first-order valence-electron chi connectivity index (χ1n) is 4.22. The predicted molar refractivity (Wildman–Crippen MR) is 43.8 cm³/mol. The number of nitrogens with two attached hydrogens (primary N) is 1. The van der Waals surface area contributed by atoms with Gasteiger partial charge in [0.1, 0.15) is 5.78 Å². The lowest BCUT2D eigenvalue weighted by Crippen LogP contribution is -2.44. The zero-order valence-corrected chi connectivity index (χ0v) is 6.97. The normalized spacial score (nSPS) is 22.0. The Morgan fingerprint density at radius 2 is 2.09 bits per heavy atom. The van der Waals surface area contributed by atoms with Crippen LogP contribution in [0.4, 0.5) is 0 Å². The van der Waals surface area contributed by atoms with Gasteiger partial charge in [-0.25, -0.2) is 5.43 Å². The fourth-order valence-corrected chi connectivity index (χ4v) is 1.88. The van der Waals surface area contributed by atoms with Crippen molar-refractivity contribution < 1.29 is 4.79 Å². The van der Waals surface area contributed by atoms with E-state index >= 15 is 0 Å². The molecule has 1 rings (SSSR count). The van der Waals surface area contributed by atoms with Gasteiger partial charge in [0.15, 0.2) is 0 Å². The van der Waals surface area contributed by atoms with Crippen LogP contribution >= 0.6 is 0 Å². The molecular weight excluding hydrogens is 140 g/mol. The first-order valence-corrected chi connectivity index (χ1v) is 4.22. The molecule has 0 aromatic carbocycles. The van der Waals surface area contributed by atoms with Gasteiger partial charge < -0.3 is 0 Å². The van der Waals surface area contributed by atoms with Crippen molar-refractivity contribution in [2.45, 2.75) is 38.6 Å². The molecule has 3 N–H and O–H groups in total. The molecule has 0 amide bonds. The van der Waals surface area contributed by atoms with Crippen LogP contribution in [-0.4, -0.2) is 11.8 Å². The third-order valence-electron chi connectivity index (χ3n) is 2.49. The molecule has 0 radical (unpaired) electrons. The van der Waals surface area contributed by atoms with Crippen molar-refractivity contribution in [3.05, 3.63) is 0 Å². The van der Waals surface area contributed by atoms with Gasteiger partial charge in [0, 0.05) is 0 Å². The molecule has 0 saturated heterocycles. The molecule has 1 saturated carbocycles. The highest BCUT2D eigenvalue weighted by Gasteiger charge is 2.26. The van der Waals surface area contributed by atoms with Crippen LogP contribution < -0.4 is 11.3 Å². The fourth-order valence-electron chi connectivity index (χ4n) is 1.88. The quantitative estimate of drug-likeness (QED) is 0.464. The average Bonchev–Trinajstić information content (AvgIpc) is 2.40. The van der Waals surface area contributed by atoms with Gasteiger partial charge in [-0.3, -0.25) is 10.6 Å². The Balaban J connectivity index is 2.46. The van der Waals surface area contributed by atoms with E-state index in [0.29, 0.717) is 5.92 Å². The van der Waals surface area contributed by atoms with Crippen LogP contribution in [0.3, 0.4) is 0 Å². The summed E-state index contributed by atoms with van der Waals surface area (Å²) in [7, 11) is 0. The van der Waals surface area contributed by atoms with Gasteiger partial charge in [-0.2, -0.15) is 0 Å². The second-order valence-corrected chi connectivity index (χ2v) is 3.30. The van der Waals surface area contributed by atoms with Crippen molar-refractivity contribution in [3.8, 4) is 0 Å². The maximum absolute atomic E-state index is 11.0. The van der Waals surface area contributed by atoms with Crippen molar-refractivity contribution >= 4 is 5.78 Å². The van der Waals surface area contributed by atoms with Gasteiger partial charge in [0.05, 0.1) is 6.04 Å². The summed E-state index contributed by atoms with van der Waals surface area (Å²) in [6.45, 7) is 1.60. The van der Waals surface area contributed by atoms with Crippen LogP contribution in [0.15, 0.2) is 0 Å². The summed E-state index contributed by atoms with van der Waals surface area (Å²) in [5.74, 6) is 5.93.